The Labute approximate surface area is 159 Å². The SMILES string of the molecule is CC(C)COc1cccc(C(=O)N2CCC[C@@H]2c2nc3ccccc3[nH]2)c1. The highest BCUT2D eigenvalue weighted by molar-refractivity contribution is 5.95. The number of imidazole rings is 1. The Hall–Kier alpha value is -2.82. The standard InChI is InChI=1S/C22H25N3O2/c1-15(2)14-27-17-8-5-7-16(13-17)22(26)25-12-6-11-20(25)21-23-18-9-3-4-10-19(18)24-21/h3-5,7-10,13,15,20H,6,11-12,14H2,1-2H3,(H,23,24)/t20-/m1/s1. The number of benzene rings is 2. The highest BCUT2D eigenvalue weighted by atomic mass is 16.5. The number of para-hydroxylation sites is 2. The average Bonchev–Trinajstić information content (AvgIpc) is 3.32. The van der Waals surface area contributed by atoms with Crippen LogP contribution >= 0.6 is 0 Å². The molecular formula is C22H25N3O2. The zero-order chi connectivity index (χ0) is 18.8. The van der Waals surface area contributed by atoms with E-state index in [4.69, 9.17) is 9.72 Å². The number of carbonyl (C=O) groups is 1. The van der Waals surface area contributed by atoms with Crippen LogP contribution in [0.2, 0.25) is 0 Å². The summed E-state index contributed by atoms with van der Waals surface area (Å²) in [6.45, 7) is 5.61. The van der Waals surface area contributed by atoms with Crippen molar-refractivity contribution in [2.45, 2.75) is 32.7 Å². The normalized spacial score (nSPS) is 17.0. The Morgan fingerprint density at radius 3 is 2.93 bits per heavy atom. The maximum Gasteiger partial charge on any atom is 0.254 e. The molecule has 2 aromatic carbocycles. The van der Waals surface area contributed by atoms with Crippen LogP contribution in [0.3, 0.4) is 0 Å². The van der Waals surface area contributed by atoms with Crippen molar-refractivity contribution in [2.24, 2.45) is 5.92 Å². The number of ether oxygens (including phenoxy) is 1. The highest BCUT2D eigenvalue weighted by Gasteiger charge is 2.32. The molecule has 1 aliphatic heterocycles. The average molecular weight is 363 g/mol. The molecule has 4 rings (SSSR count). The summed E-state index contributed by atoms with van der Waals surface area (Å²) in [6, 6.07) is 15.5. The molecule has 1 atom stereocenters. The van der Waals surface area contributed by atoms with Crippen LogP contribution in [0, 0.1) is 5.92 Å². The second kappa shape index (κ2) is 7.43. The van der Waals surface area contributed by atoms with E-state index in [0.29, 0.717) is 18.1 Å². The Morgan fingerprint density at radius 2 is 2.11 bits per heavy atom. The van der Waals surface area contributed by atoms with E-state index in [9.17, 15) is 4.79 Å². The number of amides is 1. The lowest BCUT2D eigenvalue weighted by molar-refractivity contribution is 0.0730. The predicted molar refractivity (Wildman–Crippen MR) is 106 cm³/mol. The maximum atomic E-state index is 13.2. The molecule has 2 heterocycles. The van der Waals surface area contributed by atoms with Crippen LogP contribution in [-0.4, -0.2) is 33.9 Å². The second-order valence-electron chi connectivity index (χ2n) is 7.53. The van der Waals surface area contributed by atoms with Gasteiger partial charge in [-0.25, -0.2) is 4.98 Å². The summed E-state index contributed by atoms with van der Waals surface area (Å²) in [5.41, 5.74) is 2.62. The van der Waals surface area contributed by atoms with Gasteiger partial charge in [-0.3, -0.25) is 4.79 Å². The third kappa shape index (κ3) is 3.68. The lowest BCUT2D eigenvalue weighted by Gasteiger charge is -2.23. The van der Waals surface area contributed by atoms with Crippen LogP contribution < -0.4 is 4.74 Å². The van der Waals surface area contributed by atoms with E-state index in [-0.39, 0.29) is 11.9 Å². The van der Waals surface area contributed by atoms with Crippen molar-refractivity contribution >= 4 is 16.9 Å². The monoisotopic (exact) mass is 363 g/mol. The predicted octanol–water partition coefficient (Wildman–Crippen LogP) is 4.58. The van der Waals surface area contributed by atoms with Crippen LogP contribution in [0.4, 0.5) is 0 Å². The maximum absolute atomic E-state index is 13.2. The molecule has 140 valence electrons. The van der Waals surface area contributed by atoms with Gasteiger partial charge in [0.2, 0.25) is 0 Å². The third-order valence-electron chi connectivity index (χ3n) is 4.90. The molecule has 0 bridgehead atoms. The van der Waals surface area contributed by atoms with Crippen molar-refractivity contribution in [2.75, 3.05) is 13.2 Å². The summed E-state index contributed by atoms with van der Waals surface area (Å²) in [4.78, 5) is 23.2. The van der Waals surface area contributed by atoms with E-state index >= 15 is 0 Å². The summed E-state index contributed by atoms with van der Waals surface area (Å²) in [6.07, 6.45) is 1.91. The number of hydrogen-bond acceptors (Lipinski definition) is 3. The van der Waals surface area contributed by atoms with Crippen molar-refractivity contribution in [1.29, 1.82) is 0 Å². The summed E-state index contributed by atoms with van der Waals surface area (Å²) < 4.78 is 5.78. The number of hydrogen-bond donors (Lipinski definition) is 1. The van der Waals surface area contributed by atoms with Gasteiger partial charge in [0.15, 0.2) is 0 Å². The Kier molecular flexibility index (Phi) is 4.84. The number of aromatic nitrogens is 2. The largest absolute Gasteiger partial charge is 0.493 e. The van der Waals surface area contributed by atoms with Crippen LogP contribution in [0.5, 0.6) is 5.75 Å². The first kappa shape index (κ1) is 17.6. The smallest absolute Gasteiger partial charge is 0.254 e. The number of nitrogens with one attached hydrogen (secondary N) is 1. The summed E-state index contributed by atoms with van der Waals surface area (Å²) >= 11 is 0. The van der Waals surface area contributed by atoms with Gasteiger partial charge in [-0.05, 0) is 49.1 Å². The minimum Gasteiger partial charge on any atom is -0.493 e. The first-order valence-electron chi connectivity index (χ1n) is 9.60. The van der Waals surface area contributed by atoms with Crippen LogP contribution in [0.15, 0.2) is 48.5 Å². The molecule has 5 nitrogen and oxygen atoms in total. The number of H-pyrrole nitrogens is 1. The van der Waals surface area contributed by atoms with Gasteiger partial charge in [0.25, 0.3) is 5.91 Å². The van der Waals surface area contributed by atoms with Crippen LogP contribution in [-0.2, 0) is 0 Å². The number of rotatable bonds is 5. The van der Waals surface area contributed by atoms with E-state index < -0.39 is 0 Å². The fourth-order valence-electron chi connectivity index (χ4n) is 3.57. The Morgan fingerprint density at radius 1 is 1.26 bits per heavy atom. The molecule has 27 heavy (non-hydrogen) atoms. The zero-order valence-electron chi connectivity index (χ0n) is 15.8. The van der Waals surface area contributed by atoms with E-state index in [1.165, 1.54) is 0 Å². The quantitative estimate of drug-likeness (QED) is 0.722. The molecule has 1 aliphatic rings. The Balaban J connectivity index is 1.56. The molecule has 1 fully saturated rings. The molecule has 1 aromatic heterocycles. The molecule has 0 aliphatic carbocycles. The zero-order valence-corrected chi connectivity index (χ0v) is 15.8. The van der Waals surface area contributed by atoms with Crippen molar-refractivity contribution < 1.29 is 9.53 Å². The number of nitrogens with zero attached hydrogens (tertiary/aromatic N) is 2. The second-order valence-corrected chi connectivity index (χ2v) is 7.53. The minimum atomic E-state index is -0.00913. The molecule has 1 N–H and O–H groups in total. The van der Waals surface area contributed by atoms with Crippen molar-refractivity contribution in [3.63, 3.8) is 0 Å². The lowest BCUT2D eigenvalue weighted by atomic mass is 10.1. The van der Waals surface area contributed by atoms with Gasteiger partial charge >= 0.3 is 0 Å². The van der Waals surface area contributed by atoms with Gasteiger partial charge in [0, 0.05) is 12.1 Å². The van der Waals surface area contributed by atoms with Crippen molar-refractivity contribution in [1.82, 2.24) is 14.9 Å². The highest BCUT2D eigenvalue weighted by Crippen LogP contribution is 2.33. The molecule has 1 amide bonds. The molecular weight excluding hydrogens is 338 g/mol. The first-order chi connectivity index (χ1) is 13.1. The van der Waals surface area contributed by atoms with E-state index in [1.54, 1.807) is 0 Å². The topological polar surface area (TPSA) is 58.2 Å². The van der Waals surface area contributed by atoms with Crippen molar-refractivity contribution in [3.8, 4) is 5.75 Å². The number of aromatic amines is 1. The van der Waals surface area contributed by atoms with Gasteiger partial charge in [-0.1, -0.05) is 32.0 Å². The molecule has 0 unspecified atom stereocenters. The lowest BCUT2D eigenvalue weighted by Crippen LogP contribution is -2.31. The summed E-state index contributed by atoms with van der Waals surface area (Å²) in [5.74, 6) is 2.09. The summed E-state index contributed by atoms with van der Waals surface area (Å²) in [7, 11) is 0. The van der Waals surface area contributed by atoms with E-state index in [1.807, 2.05) is 53.4 Å². The molecule has 0 radical (unpaired) electrons. The van der Waals surface area contributed by atoms with Crippen LogP contribution in [0.25, 0.3) is 11.0 Å². The van der Waals surface area contributed by atoms with Gasteiger partial charge in [-0.2, -0.15) is 0 Å². The molecule has 0 saturated carbocycles. The Bertz CT molecular complexity index is 914. The van der Waals surface area contributed by atoms with Gasteiger partial charge < -0.3 is 14.6 Å². The summed E-state index contributed by atoms with van der Waals surface area (Å²) in [5, 5.41) is 0. The molecule has 0 spiro atoms. The number of likely N-dealkylation sites (tertiary alicyclic amines) is 1. The molecule has 3 aromatic rings. The molecule has 1 saturated heterocycles. The van der Waals surface area contributed by atoms with Crippen molar-refractivity contribution in [3.05, 3.63) is 59.9 Å². The van der Waals surface area contributed by atoms with E-state index in [0.717, 1.165) is 42.0 Å². The van der Waals surface area contributed by atoms with Crippen LogP contribution in [0.1, 0.15) is 48.9 Å². The third-order valence-corrected chi connectivity index (χ3v) is 4.90. The van der Waals surface area contributed by atoms with E-state index in [2.05, 4.69) is 18.8 Å². The molecule has 5 heteroatoms. The van der Waals surface area contributed by atoms with Gasteiger partial charge in [-0.15, -0.1) is 0 Å². The fourth-order valence-corrected chi connectivity index (χ4v) is 3.57. The van der Waals surface area contributed by atoms with Gasteiger partial charge in [0.1, 0.15) is 11.6 Å². The minimum absolute atomic E-state index is 0.00913. The van der Waals surface area contributed by atoms with Gasteiger partial charge in [0.05, 0.1) is 23.7 Å². The first-order valence-corrected chi connectivity index (χ1v) is 9.60. The number of fused-ring (bicyclic) bond motifs is 1. The number of carbonyl (C=O) groups excluding carboxylic acids is 1. The fraction of sp³-hybridized carbons (Fsp3) is 0.364.